The van der Waals surface area contributed by atoms with Crippen LogP contribution in [-0.2, 0) is 4.79 Å². The van der Waals surface area contributed by atoms with Crippen LogP contribution in [0.5, 0.6) is 5.75 Å². The van der Waals surface area contributed by atoms with Gasteiger partial charge in [0.15, 0.2) is 0 Å². The number of rotatable bonds is 6. The van der Waals surface area contributed by atoms with E-state index in [4.69, 9.17) is 10.5 Å². The van der Waals surface area contributed by atoms with Gasteiger partial charge in [0.1, 0.15) is 5.75 Å². The monoisotopic (exact) mass is 310 g/mol. The molecule has 0 aliphatic carbocycles. The number of nitrogens with two attached hydrogens (primary N) is 1. The number of nitrogens with one attached hydrogen (secondary N) is 1. The number of para-hydroxylation sites is 1. The summed E-state index contributed by atoms with van der Waals surface area (Å²) >= 11 is 0. The summed E-state index contributed by atoms with van der Waals surface area (Å²) in [4.78, 5) is 12.1. The topological polar surface area (TPSA) is 64.3 Å². The van der Waals surface area contributed by atoms with Gasteiger partial charge in [-0.1, -0.05) is 31.2 Å². The maximum Gasteiger partial charge on any atom is 0.248 e. The molecule has 0 heterocycles. The van der Waals surface area contributed by atoms with E-state index >= 15 is 0 Å². The fourth-order valence-corrected chi connectivity index (χ4v) is 2.09. The van der Waals surface area contributed by atoms with E-state index in [9.17, 15) is 4.79 Å². The highest BCUT2D eigenvalue weighted by atomic mass is 16.5. The number of hydrogen-bond acceptors (Lipinski definition) is 3. The van der Waals surface area contributed by atoms with Crippen molar-refractivity contribution in [1.82, 2.24) is 0 Å². The van der Waals surface area contributed by atoms with Gasteiger partial charge >= 0.3 is 0 Å². The van der Waals surface area contributed by atoms with E-state index in [2.05, 4.69) is 12.2 Å². The molecule has 2 aromatic rings. The average Bonchev–Trinajstić information content (AvgIpc) is 2.56. The summed E-state index contributed by atoms with van der Waals surface area (Å²) < 4.78 is 5.67. The van der Waals surface area contributed by atoms with Crippen LogP contribution in [0.15, 0.2) is 48.5 Å². The van der Waals surface area contributed by atoms with Gasteiger partial charge in [-0.2, -0.15) is 0 Å². The Morgan fingerprint density at radius 1 is 1.22 bits per heavy atom. The van der Waals surface area contributed by atoms with Crippen molar-refractivity contribution >= 4 is 23.4 Å². The first-order chi connectivity index (χ1) is 11.1. The number of benzene rings is 2. The Balaban J connectivity index is 2.08. The third-order valence-electron chi connectivity index (χ3n) is 3.43. The highest BCUT2D eigenvalue weighted by Gasteiger charge is 2.04. The van der Waals surface area contributed by atoms with E-state index in [1.807, 2.05) is 49.4 Å². The molecule has 1 amide bonds. The number of nitrogen functional groups attached to an aromatic ring is 1. The largest absolute Gasteiger partial charge is 0.493 e. The standard InChI is InChI=1S/C19H22N2O2/c1-3-13-23-18-10-5-4-7-15(18)11-12-19(22)21-17-9-6-8-16(20)14(17)2/h4-12H,3,13,20H2,1-2H3,(H,21,22)/b12-11+. The number of carbonyl (C=O) groups is 1. The fourth-order valence-electron chi connectivity index (χ4n) is 2.09. The second kappa shape index (κ2) is 8.03. The van der Waals surface area contributed by atoms with Crippen LogP contribution in [0.3, 0.4) is 0 Å². The lowest BCUT2D eigenvalue weighted by molar-refractivity contribution is -0.111. The van der Waals surface area contributed by atoms with Crippen LogP contribution in [0.4, 0.5) is 11.4 Å². The lowest BCUT2D eigenvalue weighted by Gasteiger charge is -2.09. The SMILES string of the molecule is CCCOc1ccccc1/C=C/C(=O)Nc1cccc(N)c1C. The molecule has 0 unspecified atom stereocenters. The van der Waals surface area contributed by atoms with E-state index in [0.717, 1.165) is 29.0 Å². The minimum Gasteiger partial charge on any atom is -0.493 e. The van der Waals surface area contributed by atoms with Crippen LogP contribution in [0.1, 0.15) is 24.5 Å². The zero-order valence-electron chi connectivity index (χ0n) is 13.5. The van der Waals surface area contributed by atoms with Crippen LogP contribution >= 0.6 is 0 Å². The van der Waals surface area contributed by atoms with Crippen molar-refractivity contribution in [2.45, 2.75) is 20.3 Å². The summed E-state index contributed by atoms with van der Waals surface area (Å²) in [6, 6.07) is 13.1. The lowest BCUT2D eigenvalue weighted by Crippen LogP contribution is -2.09. The second-order valence-corrected chi connectivity index (χ2v) is 5.23. The molecular formula is C19H22N2O2. The van der Waals surface area contributed by atoms with Gasteiger partial charge in [0.25, 0.3) is 0 Å². The Morgan fingerprint density at radius 3 is 2.78 bits per heavy atom. The summed E-state index contributed by atoms with van der Waals surface area (Å²) in [5, 5.41) is 2.84. The average molecular weight is 310 g/mol. The molecule has 0 fully saturated rings. The van der Waals surface area contributed by atoms with Crippen molar-refractivity contribution in [3.8, 4) is 5.75 Å². The molecule has 120 valence electrons. The van der Waals surface area contributed by atoms with Crippen LogP contribution in [0.25, 0.3) is 6.08 Å². The lowest BCUT2D eigenvalue weighted by atomic mass is 10.1. The van der Waals surface area contributed by atoms with E-state index < -0.39 is 0 Å². The number of anilines is 2. The number of hydrogen-bond donors (Lipinski definition) is 2. The third-order valence-corrected chi connectivity index (χ3v) is 3.43. The normalized spacial score (nSPS) is 10.7. The van der Waals surface area contributed by atoms with Gasteiger partial charge in [0.2, 0.25) is 5.91 Å². The molecule has 0 bridgehead atoms. The second-order valence-electron chi connectivity index (χ2n) is 5.23. The van der Waals surface area contributed by atoms with Crippen LogP contribution in [0, 0.1) is 6.92 Å². The molecule has 23 heavy (non-hydrogen) atoms. The smallest absolute Gasteiger partial charge is 0.248 e. The summed E-state index contributed by atoms with van der Waals surface area (Å²) in [6.45, 7) is 4.59. The van der Waals surface area contributed by atoms with E-state index in [-0.39, 0.29) is 5.91 Å². The predicted molar refractivity (Wildman–Crippen MR) is 95.5 cm³/mol. The van der Waals surface area contributed by atoms with Crippen molar-refractivity contribution in [2.75, 3.05) is 17.7 Å². The Hall–Kier alpha value is -2.75. The maximum absolute atomic E-state index is 12.1. The van der Waals surface area contributed by atoms with E-state index in [1.54, 1.807) is 6.08 Å². The molecule has 0 saturated heterocycles. The number of carbonyl (C=O) groups excluding carboxylic acids is 1. The molecule has 0 aliphatic rings. The van der Waals surface area contributed by atoms with Crippen molar-refractivity contribution < 1.29 is 9.53 Å². The van der Waals surface area contributed by atoms with Gasteiger partial charge in [-0.3, -0.25) is 4.79 Å². The first kappa shape index (κ1) is 16.6. The van der Waals surface area contributed by atoms with Gasteiger partial charge in [0.05, 0.1) is 6.61 Å². The zero-order valence-corrected chi connectivity index (χ0v) is 13.5. The zero-order chi connectivity index (χ0) is 16.7. The molecule has 4 nitrogen and oxygen atoms in total. The first-order valence-corrected chi connectivity index (χ1v) is 7.67. The molecule has 0 radical (unpaired) electrons. The van der Waals surface area contributed by atoms with Gasteiger partial charge in [-0.05, 0) is 43.2 Å². The molecule has 0 aliphatic heterocycles. The maximum atomic E-state index is 12.1. The molecule has 3 N–H and O–H groups in total. The van der Waals surface area contributed by atoms with Crippen molar-refractivity contribution in [1.29, 1.82) is 0 Å². The number of amides is 1. The molecule has 2 aromatic carbocycles. The first-order valence-electron chi connectivity index (χ1n) is 7.67. The Morgan fingerprint density at radius 2 is 2.00 bits per heavy atom. The van der Waals surface area contributed by atoms with Crippen molar-refractivity contribution in [3.05, 3.63) is 59.7 Å². The Kier molecular flexibility index (Phi) is 5.80. The van der Waals surface area contributed by atoms with Crippen molar-refractivity contribution in [3.63, 3.8) is 0 Å². The molecule has 0 saturated carbocycles. The molecule has 0 atom stereocenters. The van der Waals surface area contributed by atoms with Crippen LogP contribution < -0.4 is 15.8 Å². The van der Waals surface area contributed by atoms with Crippen LogP contribution in [0.2, 0.25) is 0 Å². The van der Waals surface area contributed by atoms with Gasteiger partial charge in [-0.25, -0.2) is 0 Å². The minimum absolute atomic E-state index is 0.205. The van der Waals surface area contributed by atoms with Gasteiger partial charge in [-0.15, -0.1) is 0 Å². The third kappa shape index (κ3) is 4.61. The summed E-state index contributed by atoms with van der Waals surface area (Å²) in [6.07, 6.45) is 4.19. The Bertz CT molecular complexity index is 708. The van der Waals surface area contributed by atoms with E-state index in [1.165, 1.54) is 6.08 Å². The Labute approximate surface area is 137 Å². The quantitative estimate of drug-likeness (QED) is 0.625. The minimum atomic E-state index is -0.205. The molecule has 0 spiro atoms. The molecular weight excluding hydrogens is 288 g/mol. The summed E-state index contributed by atoms with van der Waals surface area (Å²) in [5.74, 6) is 0.572. The highest BCUT2D eigenvalue weighted by Crippen LogP contribution is 2.21. The molecule has 2 rings (SSSR count). The van der Waals surface area contributed by atoms with Gasteiger partial charge < -0.3 is 15.8 Å². The summed E-state index contributed by atoms with van der Waals surface area (Å²) in [5.41, 5.74) is 8.95. The highest BCUT2D eigenvalue weighted by molar-refractivity contribution is 6.02. The number of ether oxygens (including phenoxy) is 1. The van der Waals surface area contributed by atoms with E-state index in [0.29, 0.717) is 12.3 Å². The molecule has 4 heteroatoms. The van der Waals surface area contributed by atoms with Crippen LogP contribution in [-0.4, -0.2) is 12.5 Å². The fraction of sp³-hybridized carbons (Fsp3) is 0.211. The summed E-state index contributed by atoms with van der Waals surface area (Å²) in [7, 11) is 0. The van der Waals surface area contributed by atoms with Gasteiger partial charge in [0, 0.05) is 23.0 Å². The molecule has 0 aromatic heterocycles. The van der Waals surface area contributed by atoms with Crippen molar-refractivity contribution in [2.24, 2.45) is 0 Å². The predicted octanol–water partition coefficient (Wildman–Crippen LogP) is 4.02.